The molecule has 1 aromatic carbocycles. The first-order valence-electron chi connectivity index (χ1n) is 3.46. The number of rotatable bonds is 2. The molecule has 0 fully saturated rings. The van der Waals surface area contributed by atoms with Crippen LogP contribution >= 0.6 is 24.4 Å². The number of hydrogen-bond acceptors (Lipinski definition) is 4. The maximum Gasteiger partial charge on any atom is 0.0743 e. The van der Waals surface area contributed by atoms with Crippen LogP contribution in [-0.4, -0.2) is 10.3 Å². The van der Waals surface area contributed by atoms with E-state index in [1.165, 1.54) is 5.56 Å². The van der Waals surface area contributed by atoms with Crippen LogP contribution in [0.4, 0.5) is 0 Å². The monoisotopic (exact) mass is 208 g/mol. The van der Waals surface area contributed by atoms with Crippen LogP contribution in [-0.2, 0) is 6.54 Å². The lowest BCUT2D eigenvalue weighted by Gasteiger charge is -1.90. The number of thiocarbonyl (C=S) groups is 2. The van der Waals surface area contributed by atoms with Crippen molar-refractivity contribution in [3.63, 3.8) is 0 Å². The summed E-state index contributed by atoms with van der Waals surface area (Å²) in [5.74, 6) is 0. The lowest BCUT2D eigenvalue weighted by Crippen LogP contribution is -1.76. The average Bonchev–Trinajstić information content (AvgIpc) is 2.18. The SMILES string of the molecule is N=C=S.S=C=NCc1ccccc1. The van der Waals surface area contributed by atoms with E-state index in [0.29, 0.717) is 6.54 Å². The summed E-state index contributed by atoms with van der Waals surface area (Å²) in [5.41, 5.74) is 1.17. The minimum Gasteiger partial charge on any atom is -0.248 e. The first kappa shape index (κ1) is 11.8. The van der Waals surface area contributed by atoms with Gasteiger partial charge in [0.25, 0.3) is 0 Å². The number of nitrogens with one attached hydrogen (secondary N) is 1. The maximum atomic E-state index is 5.77. The Morgan fingerprint density at radius 1 is 1.23 bits per heavy atom. The second-order valence-corrected chi connectivity index (χ2v) is 2.38. The molecule has 0 aliphatic rings. The lowest BCUT2D eigenvalue weighted by molar-refractivity contribution is 1.08. The highest BCUT2D eigenvalue weighted by Crippen LogP contribution is 1.98. The van der Waals surface area contributed by atoms with Crippen LogP contribution in [0.5, 0.6) is 0 Å². The van der Waals surface area contributed by atoms with Gasteiger partial charge in [0.15, 0.2) is 0 Å². The molecule has 0 aliphatic heterocycles. The van der Waals surface area contributed by atoms with Crippen molar-refractivity contribution in [2.75, 3.05) is 0 Å². The van der Waals surface area contributed by atoms with E-state index in [1.54, 1.807) is 5.16 Å². The Kier molecular flexibility index (Phi) is 8.10. The largest absolute Gasteiger partial charge is 0.248 e. The van der Waals surface area contributed by atoms with Gasteiger partial charge in [-0.3, -0.25) is 0 Å². The Bertz CT molecular complexity index is 310. The summed E-state index contributed by atoms with van der Waals surface area (Å²) in [4.78, 5) is 3.81. The second-order valence-electron chi connectivity index (χ2n) is 2.00. The molecular formula is C9H8N2S2. The van der Waals surface area contributed by atoms with Crippen LogP contribution in [0, 0.1) is 5.41 Å². The van der Waals surface area contributed by atoms with Gasteiger partial charge >= 0.3 is 0 Å². The molecule has 13 heavy (non-hydrogen) atoms. The fourth-order valence-corrected chi connectivity index (χ4v) is 0.772. The summed E-state index contributed by atoms with van der Waals surface area (Å²) < 4.78 is 0. The highest BCUT2D eigenvalue weighted by Gasteiger charge is 1.84. The first-order valence-corrected chi connectivity index (χ1v) is 4.28. The second kappa shape index (κ2) is 8.91. The Morgan fingerprint density at radius 2 is 1.77 bits per heavy atom. The summed E-state index contributed by atoms with van der Waals surface area (Å²) in [7, 11) is 0. The average molecular weight is 208 g/mol. The first-order chi connectivity index (χ1) is 6.35. The van der Waals surface area contributed by atoms with Crippen LogP contribution in [0.25, 0.3) is 0 Å². The number of hydrogen-bond donors (Lipinski definition) is 1. The molecule has 0 radical (unpaired) electrons. The van der Waals surface area contributed by atoms with Gasteiger partial charge in [-0.05, 0) is 30.0 Å². The van der Waals surface area contributed by atoms with Crippen molar-refractivity contribution in [2.45, 2.75) is 6.54 Å². The Balaban J connectivity index is 0.000000424. The molecule has 0 saturated heterocycles. The molecule has 2 nitrogen and oxygen atoms in total. The van der Waals surface area contributed by atoms with Crippen molar-refractivity contribution < 1.29 is 0 Å². The zero-order valence-electron chi connectivity index (χ0n) is 6.86. The Hall–Kier alpha value is -1.18. The number of nitrogens with zero attached hydrogens (tertiary/aromatic N) is 1. The van der Waals surface area contributed by atoms with Gasteiger partial charge < -0.3 is 0 Å². The van der Waals surface area contributed by atoms with Crippen molar-refractivity contribution in [1.82, 2.24) is 0 Å². The van der Waals surface area contributed by atoms with E-state index < -0.39 is 0 Å². The quantitative estimate of drug-likeness (QED) is 0.599. The van der Waals surface area contributed by atoms with Crippen molar-refractivity contribution >= 4 is 34.8 Å². The Morgan fingerprint density at radius 3 is 2.23 bits per heavy atom. The van der Waals surface area contributed by atoms with Gasteiger partial charge in [0, 0.05) is 0 Å². The standard InChI is InChI=1S/C8H7NS.CHNS/c10-7-9-6-8-4-2-1-3-5-8;2-1-3/h1-5H,6H2;2H. The zero-order valence-corrected chi connectivity index (χ0v) is 8.49. The van der Waals surface area contributed by atoms with Gasteiger partial charge in [-0.25, -0.2) is 10.4 Å². The van der Waals surface area contributed by atoms with Crippen LogP contribution in [0.2, 0.25) is 0 Å². The van der Waals surface area contributed by atoms with Gasteiger partial charge in [0.05, 0.1) is 16.9 Å². The molecule has 0 aliphatic carbocycles. The van der Waals surface area contributed by atoms with Crippen LogP contribution < -0.4 is 0 Å². The molecule has 1 aromatic rings. The highest BCUT2D eigenvalue weighted by molar-refractivity contribution is 7.78. The fraction of sp³-hybridized carbons (Fsp3) is 0.111. The summed E-state index contributed by atoms with van der Waals surface area (Å²) in [5, 5.41) is 9.68. The van der Waals surface area contributed by atoms with E-state index >= 15 is 0 Å². The normalized spacial score (nSPS) is 7.08. The van der Waals surface area contributed by atoms with Gasteiger partial charge in [-0.1, -0.05) is 30.3 Å². The molecule has 0 spiro atoms. The van der Waals surface area contributed by atoms with Crippen LogP contribution in [0.15, 0.2) is 35.3 Å². The summed E-state index contributed by atoms with van der Waals surface area (Å²) in [6.45, 7) is 0.643. The third kappa shape index (κ3) is 7.19. The molecular weight excluding hydrogens is 200 g/mol. The van der Waals surface area contributed by atoms with Gasteiger partial charge in [0.1, 0.15) is 0 Å². The number of aliphatic imine (C=N–C) groups is 1. The molecule has 1 N–H and O–H groups in total. The van der Waals surface area contributed by atoms with E-state index in [9.17, 15) is 0 Å². The van der Waals surface area contributed by atoms with Crippen LogP contribution in [0.1, 0.15) is 5.56 Å². The van der Waals surface area contributed by atoms with E-state index in [4.69, 9.17) is 5.41 Å². The number of benzene rings is 1. The molecule has 4 heteroatoms. The Labute approximate surface area is 87.8 Å². The van der Waals surface area contributed by atoms with Crippen molar-refractivity contribution in [1.29, 1.82) is 5.41 Å². The van der Waals surface area contributed by atoms with E-state index in [-0.39, 0.29) is 0 Å². The molecule has 0 amide bonds. The fourth-order valence-electron chi connectivity index (χ4n) is 0.707. The molecule has 0 heterocycles. The predicted octanol–water partition coefficient (Wildman–Crippen LogP) is 2.96. The minimum atomic E-state index is 0.643. The topological polar surface area (TPSA) is 36.2 Å². The third-order valence-electron chi connectivity index (χ3n) is 1.17. The summed E-state index contributed by atoms with van der Waals surface area (Å²) >= 11 is 8.24. The predicted molar refractivity (Wildman–Crippen MR) is 60.5 cm³/mol. The van der Waals surface area contributed by atoms with Gasteiger partial charge in [0.2, 0.25) is 0 Å². The summed E-state index contributed by atoms with van der Waals surface area (Å²) in [6, 6.07) is 9.96. The third-order valence-corrected chi connectivity index (χ3v) is 1.30. The van der Waals surface area contributed by atoms with Crippen molar-refractivity contribution in [3.05, 3.63) is 35.9 Å². The summed E-state index contributed by atoms with van der Waals surface area (Å²) in [6.07, 6.45) is 0. The zero-order chi connectivity index (χ0) is 9.94. The van der Waals surface area contributed by atoms with Gasteiger partial charge in [-0.15, -0.1) is 0 Å². The molecule has 0 bridgehead atoms. The smallest absolute Gasteiger partial charge is 0.0743 e. The maximum absolute atomic E-state index is 5.77. The minimum absolute atomic E-state index is 0.643. The molecule has 66 valence electrons. The molecule has 0 saturated carbocycles. The molecule has 0 unspecified atom stereocenters. The molecule has 1 rings (SSSR count). The van der Waals surface area contributed by atoms with Gasteiger partial charge in [-0.2, -0.15) is 0 Å². The van der Waals surface area contributed by atoms with E-state index in [2.05, 4.69) is 34.6 Å². The van der Waals surface area contributed by atoms with E-state index in [0.717, 1.165) is 0 Å². The van der Waals surface area contributed by atoms with Crippen molar-refractivity contribution in [3.8, 4) is 0 Å². The highest BCUT2D eigenvalue weighted by atomic mass is 32.1. The lowest BCUT2D eigenvalue weighted by atomic mass is 10.2. The molecule has 0 atom stereocenters. The van der Waals surface area contributed by atoms with E-state index in [1.807, 2.05) is 30.3 Å². The van der Waals surface area contributed by atoms with Crippen molar-refractivity contribution in [2.24, 2.45) is 4.99 Å². The number of isothiocyanates is 2. The van der Waals surface area contributed by atoms with Crippen LogP contribution in [0.3, 0.4) is 0 Å². The molecule has 0 aromatic heterocycles.